The third-order valence-corrected chi connectivity index (χ3v) is 3.97. The molecule has 140 valence electrons. The van der Waals surface area contributed by atoms with Gasteiger partial charge in [0.25, 0.3) is 0 Å². The largest absolute Gasteiger partial charge is 0.421 e. The molecule has 0 amide bonds. The number of nitrogens with one attached hydrogen (secondary N) is 2. The topological polar surface area (TPSA) is 49.8 Å². The minimum atomic E-state index is -4.56. The average Bonchev–Trinajstić information content (AvgIpc) is 2.61. The van der Waals surface area contributed by atoms with Crippen LogP contribution in [0.15, 0.2) is 54.7 Å². The van der Waals surface area contributed by atoms with Crippen molar-refractivity contribution in [3.05, 3.63) is 71.4 Å². The summed E-state index contributed by atoms with van der Waals surface area (Å²) < 4.78 is 40.1. The zero-order valence-electron chi connectivity index (χ0n) is 14.9. The predicted molar refractivity (Wildman–Crippen MR) is 101 cm³/mol. The molecular weight excluding hydrogens is 353 g/mol. The molecule has 0 fully saturated rings. The first-order chi connectivity index (χ1) is 12.8. The lowest BCUT2D eigenvalue weighted by Gasteiger charge is -2.15. The molecule has 3 rings (SSSR count). The van der Waals surface area contributed by atoms with E-state index in [9.17, 15) is 13.2 Å². The van der Waals surface area contributed by atoms with Crippen LogP contribution < -0.4 is 10.6 Å². The van der Waals surface area contributed by atoms with E-state index in [4.69, 9.17) is 0 Å². The first-order valence-electron chi connectivity index (χ1n) is 8.49. The summed E-state index contributed by atoms with van der Waals surface area (Å²) in [5.74, 6) is -0.205. The van der Waals surface area contributed by atoms with E-state index >= 15 is 0 Å². The van der Waals surface area contributed by atoms with E-state index in [1.54, 1.807) is 24.3 Å². The van der Waals surface area contributed by atoms with Crippen molar-refractivity contribution in [3.63, 3.8) is 0 Å². The van der Waals surface area contributed by atoms with E-state index in [1.165, 1.54) is 0 Å². The molecule has 27 heavy (non-hydrogen) atoms. The van der Waals surface area contributed by atoms with Crippen molar-refractivity contribution < 1.29 is 13.2 Å². The molecule has 0 unspecified atom stereocenters. The standard InChI is InChI=1S/C20H19F3N4/c1-3-14-7-5-9-16(11-14)25-18-17(20(21,22)23)12-24-19(27-18)26-15-8-4-6-13(2)10-15/h4-12H,3H2,1-2H3,(H2,24,25,26,27). The fourth-order valence-corrected chi connectivity index (χ4v) is 2.60. The minimum absolute atomic E-state index is 0.0859. The highest BCUT2D eigenvalue weighted by Gasteiger charge is 2.35. The van der Waals surface area contributed by atoms with Gasteiger partial charge in [-0.15, -0.1) is 0 Å². The van der Waals surface area contributed by atoms with Gasteiger partial charge in [-0.25, -0.2) is 4.98 Å². The third-order valence-electron chi connectivity index (χ3n) is 3.97. The lowest BCUT2D eigenvalue weighted by atomic mass is 10.1. The van der Waals surface area contributed by atoms with Gasteiger partial charge in [-0.1, -0.05) is 31.2 Å². The zero-order valence-corrected chi connectivity index (χ0v) is 14.9. The molecule has 1 aromatic heterocycles. The van der Waals surface area contributed by atoms with Crippen LogP contribution in [-0.2, 0) is 12.6 Å². The maximum Gasteiger partial charge on any atom is 0.421 e. The predicted octanol–water partition coefficient (Wildman–Crippen LogP) is 5.85. The molecule has 4 nitrogen and oxygen atoms in total. The molecule has 2 aromatic carbocycles. The van der Waals surface area contributed by atoms with Crippen LogP contribution in [0.3, 0.4) is 0 Å². The molecule has 0 aliphatic heterocycles. The minimum Gasteiger partial charge on any atom is -0.340 e. The molecule has 2 N–H and O–H groups in total. The van der Waals surface area contributed by atoms with Crippen LogP contribution >= 0.6 is 0 Å². The van der Waals surface area contributed by atoms with E-state index in [2.05, 4.69) is 20.6 Å². The summed E-state index contributed by atoms with van der Waals surface area (Å²) in [6.45, 7) is 3.90. The highest BCUT2D eigenvalue weighted by Crippen LogP contribution is 2.35. The highest BCUT2D eigenvalue weighted by atomic mass is 19.4. The van der Waals surface area contributed by atoms with Crippen molar-refractivity contribution in [2.75, 3.05) is 10.6 Å². The van der Waals surface area contributed by atoms with Gasteiger partial charge in [0.15, 0.2) is 0 Å². The van der Waals surface area contributed by atoms with Gasteiger partial charge in [0.1, 0.15) is 11.4 Å². The molecule has 0 bridgehead atoms. The van der Waals surface area contributed by atoms with Crippen LogP contribution in [0.4, 0.5) is 36.3 Å². The monoisotopic (exact) mass is 372 g/mol. The number of nitrogens with zero attached hydrogens (tertiary/aromatic N) is 2. The van der Waals surface area contributed by atoms with Crippen LogP contribution in [-0.4, -0.2) is 9.97 Å². The van der Waals surface area contributed by atoms with Crippen molar-refractivity contribution in [1.29, 1.82) is 0 Å². The second-order valence-electron chi connectivity index (χ2n) is 6.13. The van der Waals surface area contributed by atoms with Crippen molar-refractivity contribution in [3.8, 4) is 0 Å². The van der Waals surface area contributed by atoms with Crippen molar-refractivity contribution in [2.45, 2.75) is 26.4 Å². The Morgan fingerprint density at radius 1 is 0.963 bits per heavy atom. The molecule has 0 aliphatic carbocycles. The maximum absolute atomic E-state index is 13.4. The molecule has 0 spiro atoms. The summed E-state index contributed by atoms with van der Waals surface area (Å²) in [6, 6.07) is 14.6. The number of halogens is 3. The maximum atomic E-state index is 13.4. The van der Waals surface area contributed by atoms with Gasteiger partial charge in [-0.2, -0.15) is 18.2 Å². The summed E-state index contributed by atoms with van der Waals surface area (Å²) in [5.41, 5.74) is 2.36. The SMILES string of the molecule is CCc1cccc(Nc2nc(Nc3cccc(C)c3)ncc2C(F)(F)F)c1. The quantitative estimate of drug-likeness (QED) is 0.589. The fraction of sp³-hybridized carbons (Fsp3) is 0.200. The van der Waals surface area contributed by atoms with Gasteiger partial charge in [-0.3, -0.25) is 0 Å². The molecule has 3 aromatic rings. The summed E-state index contributed by atoms with van der Waals surface area (Å²) >= 11 is 0. The van der Waals surface area contributed by atoms with E-state index < -0.39 is 11.7 Å². The second kappa shape index (κ2) is 7.65. The Morgan fingerprint density at radius 2 is 1.67 bits per heavy atom. The van der Waals surface area contributed by atoms with Gasteiger partial charge in [0, 0.05) is 17.6 Å². The number of alkyl halides is 3. The van der Waals surface area contributed by atoms with Crippen LogP contribution in [0.25, 0.3) is 0 Å². The summed E-state index contributed by atoms with van der Waals surface area (Å²) in [7, 11) is 0. The van der Waals surface area contributed by atoms with E-state index in [0.29, 0.717) is 11.4 Å². The average molecular weight is 372 g/mol. The number of anilines is 4. The lowest BCUT2D eigenvalue weighted by Crippen LogP contribution is -2.12. The Labute approximate surface area is 155 Å². The first-order valence-corrected chi connectivity index (χ1v) is 8.49. The van der Waals surface area contributed by atoms with Gasteiger partial charge < -0.3 is 10.6 Å². The highest BCUT2D eigenvalue weighted by molar-refractivity contribution is 5.63. The Bertz CT molecular complexity index is 939. The van der Waals surface area contributed by atoms with Crippen molar-refractivity contribution in [2.24, 2.45) is 0 Å². The second-order valence-corrected chi connectivity index (χ2v) is 6.13. The number of benzene rings is 2. The van der Waals surface area contributed by atoms with Gasteiger partial charge >= 0.3 is 6.18 Å². The van der Waals surface area contributed by atoms with E-state index in [0.717, 1.165) is 23.7 Å². The van der Waals surface area contributed by atoms with E-state index in [1.807, 2.05) is 38.1 Å². The van der Waals surface area contributed by atoms with Crippen LogP contribution in [0, 0.1) is 6.92 Å². The number of hydrogen-bond acceptors (Lipinski definition) is 4. The van der Waals surface area contributed by atoms with E-state index in [-0.39, 0.29) is 11.8 Å². The van der Waals surface area contributed by atoms with Gasteiger partial charge in [0.05, 0.1) is 0 Å². The number of aromatic nitrogens is 2. The van der Waals surface area contributed by atoms with Gasteiger partial charge in [-0.05, 0) is 48.7 Å². The molecule has 0 radical (unpaired) electrons. The number of aryl methyl sites for hydroxylation is 2. The molecular formula is C20H19F3N4. The molecule has 0 atom stereocenters. The smallest absolute Gasteiger partial charge is 0.340 e. The summed E-state index contributed by atoms with van der Waals surface area (Å²) in [5, 5.41) is 5.72. The lowest BCUT2D eigenvalue weighted by molar-refractivity contribution is -0.137. The molecule has 0 aliphatic rings. The normalized spacial score (nSPS) is 11.3. The number of rotatable bonds is 5. The molecule has 1 heterocycles. The first kappa shape index (κ1) is 18.7. The van der Waals surface area contributed by atoms with Crippen LogP contribution in [0.1, 0.15) is 23.6 Å². The Morgan fingerprint density at radius 3 is 2.33 bits per heavy atom. The third kappa shape index (κ3) is 4.75. The molecule has 7 heteroatoms. The zero-order chi connectivity index (χ0) is 19.4. The van der Waals surface area contributed by atoms with Gasteiger partial charge in [0.2, 0.25) is 5.95 Å². The van der Waals surface area contributed by atoms with Crippen molar-refractivity contribution >= 4 is 23.1 Å². The summed E-state index contributed by atoms with van der Waals surface area (Å²) in [4.78, 5) is 7.89. The molecule has 0 saturated carbocycles. The Kier molecular flexibility index (Phi) is 5.30. The van der Waals surface area contributed by atoms with Crippen LogP contribution in [0.5, 0.6) is 0 Å². The Hall–Kier alpha value is -3.09. The summed E-state index contributed by atoms with van der Waals surface area (Å²) in [6.07, 6.45) is -2.99. The molecule has 0 saturated heterocycles. The fourth-order valence-electron chi connectivity index (χ4n) is 2.60. The van der Waals surface area contributed by atoms with Crippen LogP contribution in [0.2, 0.25) is 0 Å². The number of hydrogen-bond donors (Lipinski definition) is 2. The Balaban J connectivity index is 1.95. The van der Waals surface area contributed by atoms with Crippen molar-refractivity contribution in [1.82, 2.24) is 9.97 Å².